The Kier molecular flexibility index (Phi) is 4.35. The molecule has 1 fully saturated rings. The number of hydrogen-bond donors (Lipinski definition) is 2. The fourth-order valence-electron chi connectivity index (χ4n) is 1.81. The van der Waals surface area contributed by atoms with E-state index in [1.165, 1.54) is 4.90 Å². The van der Waals surface area contributed by atoms with E-state index in [2.05, 4.69) is 5.32 Å². The molecule has 19 heavy (non-hydrogen) atoms. The summed E-state index contributed by atoms with van der Waals surface area (Å²) in [6.45, 7) is 1.81. The Balaban J connectivity index is 1.78. The zero-order valence-corrected chi connectivity index (χ0v) is 10.6. The minimum Gasteiger partial charge on any atom is -0.448 e. The lowest BCUT2D eigenvalue weighted by Crippen LogP contribution is -2.28. The van der Waals surface area contributed by atoms with Crippen LogP contribution in [0, 0.1) is 0 Å². The number of rotatable bonds is 5. The summed E-state index contributed by atoms with van der Waals surface area (Å²) in [5, 5.41) is 2.77. The highest BCUT2D eigenvalue weighted by Crippen LogP contribution is 2.10. The number of anilines is 1. The van der Waals surface area contributed by atoms with Crippen LogP contribution in [-0.2, 0) is 16.1 Å². The van der Waals surface area contributed by atoms with Crippen LogP contribution in [0.4, 0.5) is 10.5 Å². The highest BCUT2D eigenvalue weighted by atomic mass is 16.6. The second-order valence-corrected chi connectivity index (χ2v) is 4.30. The largest absolute Gasteiger partial charge is 0.448 e. The molecule has 6 heteroatoms. The summed E-state index contributed by atoms with van der Waals surface area (Å²) in [6, 6.07) is 7.36. The van der Waals surface area contributed by atoms with Crippen LogP contribution in [0.1, 0.15) is 12.0 Å². The Morgan fingerprint density at radius 3 is 2.68 bits per heavy atom. The van der Waals surface area contributed by atoms with Gasteiger partial charge in [-0.15, -0.1) is 0 Å². The Bertz CT molecular complexity index is 459. The minimum atomic E-state index is -0.347. The molecule has 6 nitrogen and oxygen atoms in total. The molecule has 102 valence electrons. The molecule has 1 heterocycles. The maximum absolute atomic E-state index is 11.7. The molecule has 1 aliphatic rings. The van der Waals surface area contributed by atoms with Crippen molar-refractivity contribution in [2.45, 2.75) is 13.0 Å². The quantitative estimate of drug-likeness (QED) is 0.827. The molecule has 0 spiro atoms. The van der Waals surface area contributed by atoms with E-state index in [0.29, 0.717) is 26.2 Å². The first kappa shape index (κ1) is 13.4. The number of benzene rings is 1. The average Bonchev–Trinajstić information content (AvgIpc) is 2.83. The van der Waals surface area contributed by atoms with Crippen LogP contribution in [0.2, 0.25) is 0 Å². The SMILES string of the molecule is NCc1ccc(NC(=O)CCN2CCOC2=O)cc1. The first-order valence-corrected chi connectivity index (χ1v) is 6.19. The van der Waals surface area contributed by atoms with Gasteiger partial charge < -0.3 is 20.7 Å². The molecular formula is C13H17N3O3. The maximum atomic E-state index is 11.7. The first-order valence-electron chi connectivity index (χ1n) is 6.19. The van der Waals surface area contributed by atoms with E-state index in [4.69, 9.17) is 10.5 Å². The zero-order chi connectivity index (χ0) is 13.7. The normalized spacial score (nSPS) is 14.4. The van der Waals surface area contributed by atoms with Gasteiger partial charge in [0.1, 0.15) is 6.61 Å². The van der Waals surface area contributed by atoms with Gasteiger partial charge in [-0.1, -0.05) is 12.1 Å². The van der Waals surface area contributed by atoms with Crippen LogP contribution in [0.25, 0.3) is 0 Å². The third kappa shape index (κ3) is 3.69. The molecule has 1 aromatic carbocycles. The van der Waals surface area contributed by atoms with Gasteiger partial charge in [0.15, 0.2) is 0 Å². The molecule has 0 radical (unpaired) electrons. The van der Waals surface area contributed by atoms with Gasteiger partial charge in [0.25, 0.3) is 0 Å². The Morgan fingerprint density at radius 1 is 1.37 bits per heavy atom. The van der Waals surface area contributed by atoms with E-state index in [1.807, 2.05) is 24.3 Å². The monoisotopic (exact) mass is 263 g/mol. The predicted molar refractivity (Wildman–Crippen MR) is 70.5 cm³/mol. The lowest BCUT2D eigenvalue weighted by atomic mass is 10.2. The van der Waals surface area contributed by atoms with Crippen molar-refractivity contribution >= 4 is 17.7 Å². The highest BCUT2D eigenvalue weighted by Gasteiger charge is 2.21. The molecule has 2 rings (SSSR count). The molecule has 0 aliphatic carbocycles. The van der Waals surface area contributed by atoms with Crippen molar-refractivity contribution in [3.05, 3.63) is 29.8 Å². The fraction of sp³-hybridized carbons (Fsp3) is 0.385. The second kappa shape index (κ2) is 6.19. The molecule has 1 aliphatic heterocycles. The van der Waals surface area contributed by atoms with Crippen LogP contribution < -0.4 is 11.1 Å². The van der Waals surface area contributed by atoms with Gasteiger partial charge in [-0.3, -0.25) is 4.79 Å². The van der Waals surface area contributed by atoms with Crippen molar-refractivity contribution in [3.63, 3.8) is 0 Å². The van der Waals surface area contributed by atoms with Crippen LogP contribution in [0.15, 0.2) is 24.3 Å². The third-order valence-electron chi connectivity index (χ3n) is 2.93. The zero-order valence-electron chi connectivity index (χ0n) is 10.6. The van der Waals surface area contributed by atoms with Gasteiger partial charge in [0, 0.05) is 25.2 Å². The number of amides is 2. The second-order valence-electron chi connectivity index (χ2n) is 4.30. The number of nitrogens with zero attached hydrogens (tertiary/aromatic N) is 1. The van der Waals surface area contributed by atoms with Gasteiger partial charge in [-0.2, -0.15) is 0 Å². The number of carbonyl (C=O) groups is 2. The first-order chi connectivity index (χ1) is 9.19. The summed E-state index contributed by atoms with van der Waals surface area (Å²) in [4.78, 5) is 24.4. The Morgan fingerprint density at radius 2 is 2.11 bits per heavy atom. The molecule has 1 saturated heterocycles. The van der Waals surface area contributed by atoms with E-state index >= 15 is 0 Å². The topological polar surface area (TPSA) is 84.7 Å². The van der Waals surface area contributed by atoms with Gasteiger partial charge in [0.05, 0.1) is 6.54 Å². The van der Waals surface area contributed by atoms with Crippen molar-refractivity contribution in [3.8, 4) is 0 Å². The van der Waals surface area contributed by atoms with Crippen LogP contribution in [-0.4, -0.2) is 36.6 Å². The summed E-state index contributed by atoms with van der Waals surface area (Å²) >= 11 is 0. The lowest BCUT2D eigenvalue weighted by molar-refractivity contribution is -0.116. The highest BCUT2D eigenvalue weighted by molar-refractivity contribution is 5.91. The minimum absolute atomic E-state index is 0.125. The van der Waals surface area contributed by atoms with Crippen molar-refractivity contribution in [1.29, 1.82) is 0 Å². The van der Waals surface area contributed by atoms with E-state index in [1.54, 1.807) is 0 Å². The Labute approximate surface area is 111 Å². The van der Waals surface area contributed by atoms with E-state index < -0.39 is 0 Å². The van der Waals surface area contributed by atoms with Crippen LogP contribution in [0.5, 0.6) is 0 Å². The van der Waals surface area contributed by atoms with Crippen molar-refractivity contribution < 1.29 is 14.3 Å². The van der Waals surface area contributed by atoms with Gasteiger partial charge in [-0.25, -0.2) is 4.79 Å². The molecule has 0 bridgehead atoms. The van der Waals surface area contributed by atoms with Crippen molar-refractivity contribution in [2.24, 2.45) is 5.73 Å². The van der Waals surface area contributed by atoms with Crippen molar-refractivity contribution in [1.82, 2.24) is 4.90 Å². The number of nitrogens with one attached hydrogen (secondary N) is 1. The smallest absolute Gasteiger partial charge is 0.409 e. The predicted octanol–water partition coefficient (Wildman–Crippen LogP) is 0.926. The van der Waals surface area contributed by atoms with Gasteiger partial charge in [0.2, 0.25) is 5.91 Å². The summed E-state index contributed by atoms with van der Waals surface area (Å²) in [7, 11) is 0. The van der Waals surface area contributed by atoms with E-state index in [0.717, 1.165) is 11.3 Å². The molecule has 0 atom stereocenters. The standard InChI is InChI=1S/C13H17N3O3/c14-9-10-1-3-11(4-2-10)15-12(17)5-6-16-7-8-19-13(16)18/h1-4H,5-9,14H2,(H,15,17). The van der Waals surface area contributed by atoms with Gasteiger partial charge >= 0.3 is 6.09 Å². The molecule has 0 saturated carbocycles. The van der Waals surface area contributed by atoms with Gasteiger partial charge in [-0.05, 0) is 17.7 Å². The molecule has 0 aromatic heterocycles. The molecular weight excluding hydrogens is 246 g/mol. The Hall–Kier alpha value is -2.08. The molecule has 1 aromatic rings. The van der Waals surface area contributed by atoms with E-state index in [9.17, 15) is 9.59 Å². The lowest BCUT2D eigenvalue weighted by Gasteiger charge is -2.12. The summed E-state index contributed by atoms with van der Waals surface area (Å²) in [6.07, 6.45) is -0.0895. The average molecular weight is 263 g/mol. The van der Waals surface area contributed by atoms with Crippen molar-refractivity contribution in [2.75, 3.05) is 25.0 Å². The number of nitrogens with two attached hydrogens (primary N) is 1. The van der Waals surface area contributed by atoms with E-state index in [-0.39, 0.29) is 18.4 Å². The molecule has 3 N–H and O–H groups in total. The number of hydrogen-bond acceptors (Lipinski definition) is 4. The molecule has 0 unspecified atom stereocenters. The third-order valence-corrected chi connectivity index (χ3v) is 2.93. The summed E-state index contributed by atoms with van der Waals surface area (Å²) < 4.78 is 4.79. The number of ether oxygens (including phenoxy) is 1. The number of cyclic esters (lactones) is 1. The van der Waals surface area contributed by atoms with Crippen LogP contribution in [0.3, 0.4) is 0 Å². The van der Waals surface area contributed by atoms with Crippen LogP contribution >= 0.6 is 0 Å². The maximum Gasteiger partial charge on any atom is 0.409 e. The fourth-order valence-corrected chi connectivity index (χ4v) is 1.81. The summed E-state index contributed by atoms with van der Waals surface area (Å²) in [5.41, 5.74) is 7.23. The molecule has 2 amide bonds. The summed E-state index contributed by atoms with van der Waals surface area (Å²) in [5.74, 6) is -0.125. The number of carbonyl (C=O) groups excluding carboxylic acids is 2.